The van der Waals surface area contributed by atoms with Crippen LogP contribution in [0.1, 0.15) is 45.8 Å². The van der Waals surface area contributed by atoms with E-state index in [2.05, 4.69) is 43.3 Å². The van der Waals surface area contributed by atoms with E-state index in [1.165, 1.54) is 23.1 Å². The summed E-state index contributed by atoms with van der Waals surface area (Å²) >= 11 is 0. The number of hydrogen-bond donors (Lipinski definition) is 1. The second kappa shape index (κ2) is 8.23. The minimum Gasteiger partial charge on any atom is -0.481 e. The van der Waals surface area contributed by atoms with E-state index in [4.69, 9.17) is 4.98 Å². The van der Waals surface area contributed by atoms with Crippen molar-refractivity contribution >= 4 is 16.9 Å². The van der Waals surface area contributed by atoms with E-state index in [0.29, 0.717) is 6.42 Å². The first kappa shape index (κ1) is 20.4. The van der Waals surface area contributed by atoms with Crippen molar-refractivity contribution in [2.24, 2.45) is 0 Å². The summed E-state index contributed by atoms with van der Waals surface area (Å²) in [6.45, 7) is 4.03. The van der Waals surface area contributed by atoms with Gasteiger partial charge in [0.1, 0.15) is 0 Å². The van der Waals surface area contributed by atoms with Crippen LogP contribution in [0.25, 0.3) is 22.0 Å². The maximum Gasteiger partial charge on any atom is 0.311 e. The van der Waals surface area contributed by atoms with Crippen LogP contribution in [0.3, 0.4) is 0 Å². The van der Waals surface area contributed by atoms with Crippen molar-refractivity contribution < 1.29 is 9.90 Å². The number of carboxylic acids is 1. The third-order valence-electron chi connectivity index (χ3n) is 6.70. The molecular formula is C29H27NO2. The highest BCUT2D eigenvalue weighted by Gasteiger charge is 2.28. The first-order valence-electron chi connectivity index (χ1n) is 11.3. The Labute approximate surface area is 188 Å². The molecule has 160 valence electrons. The quantitative estimate of drug-likeness (QED) is 0.405. The molecule has 4 aromatic rings. The van der Waals surface area contributed by atoms with Gasteiger partial charge in [0.25, 0.3) is 0 Å². The molecule has 1 aliphatic rings. The Morgan fingerprint density at radius 1 is 0.969 bits per heavy atom. The number of aryl methyl sites for hydroxylation is 4. The van der Waals surface area contributed by atoms with Crippen LogP contribution in [-0.2, 0) is 24.1 Å². The van der Waals surface area contributed by atoms with Gasteiger partial charge in [-0.25, -0.2) is 0 Å². The standard InChI is InChI=1S/C29H27NO2/c1-18-11-13-21(14-12-18)28-24-16-22-9-6-10-23(22)17-26(24)30-19(2)27(28)25(29(31)32)15-20-7-4-3-5-8-20/h3-5,7-8,11-14,16-17,25H,6,9-10,15H2,1-2H3,(H,31,32). The zero-order chi connectivity index (χ0) is 22.2. The maximum atomic E-state index is 12.6. The van der Waals surface area contributed by atoms with Gasteiger partial charge in [-0.15, -0.1) is 0 Å². The maximum absolute atomic E-state index is 12.6. The Kier molecular flexibility index (Phi) is 5.26. The second-order valence-electron chi connectivity index (χ2n) is 8.92. The van der Waals surface area contributed by atoms with Crippen molar-refractivity contribution in [3.8, 4) is 11.1 Å². The molecule has 1 atom stereocenters. The van der Waals surface area contributed by atoms with Gasteiger partial charge in [0.05, 0.1) is 11.4 Å². The number of hydrogen-bond acceptors (Lipinski definition) is 2. The van der Waals surface area contributed by atoms with E-state index in [-0.39, 0.29) is 0 Å². The van der Waals surface area contributed by atoms with E-state index in [9.17, 15) is 9.90 Å². The summed E-state index contributed by atoms with van der Waals surface area (Å²) in [7, 11) is 0. The summed E-state index contributed by atoms with van der Waals surface area (Å²) in [6, 6.07) is 22.8. The lowest BCUT2D eigenvalue weighted by Crippen LogP contribution is -2.18. The molecule has 0 spiro atoms. The molecule has 0 radical (unpaired) electrons. The summed E-state index contributed by atoms with van der Waals surface area (Å²) < 4.78 is 0. The molecule has 5 rings (SSSR count). The van der Waals surface area contributed by atoms with E-state index in [1.54, 1.807) is 0 Å². The minimum atomic E-state index is -0.812. The van der Waals surface area contributed by atoms with Crippen LogP contribution in [0.2, 0.25) is 0 Å². The number of benzene rings is 3. The number of pyridine rings is 1. The smallest absolute Gasteiger partial charge is 0.311 e. The van der Waals surface area contributed by atoms with E-state index in [1.807, 2.05) is 37.3 Å². The van der Waals surface area contributed by atoms with Crippen LogP contribution >= 0.6 is 0 Å². The molecule has 1 aliphatic carbocycles. The lowest BCUT2D eigenvalue weighted by molar-refractivity contribution is -0.138. The van der Waals surface area contributed by atoms with Gasteiger partial charge in [0.15, 0.2) is 0 Å². The van der Waals surface area contributed by atoms with Crippen LogP contribution in [0.4, 0.5) is 0 Å². The van der Waals surface area contributed by atoms with E-state index in [0.717, 1.165) is 51.7 Å². The molecule has 1 heterocycles. The number of fused-ring (bicyclic) bond motifs is 2. The summed E-state index contributed by atoms with van der Waals surface area (Å²) in [4.78, 5) is 17.5. The molecule has 32 heavy (non-hydrogen) atoms. The Morgan fingerprint density at radius 2 is 1.66 bits per heavy atom. The lowest BCUT2D eigenvalue weighted by atomic mass is 9.83. The highest BCUT2D eigenvalue weighted by molar-refractivity contribution is 5.99. The summed E-state index contributed by atoms with van der Waals surface area (Å²) in [5.74, 6) is -1.48. The van der Waals surface area contributed by atoms with Gasteiger partial charge in [-0.1, -0.05) is 60.2 Å². The molecule has 3 heteroatoms. The molecule has 0 saturated heterocycles. The summed E-state index contributed by atoms with van der Waals surface area (Å²) in [5.41, 5.74) is 9.62. The number of aromatic nitrogens is 1. The molecule has 3 aromatic carbocycles. The van der Waals surface area contributed by atoms with Crippen molar-refractivity contribution in [3.63, 3.8) is 0 Å². The van der Waals surface area contributed by atoms with Crippen molar-refractivity contribution in [3.05, 3.63) is 100 Å². The average Bonchev–Trinajstić information content (AvgIpc) is 3.24. The molecule has 0 saturated carbocycles. The number of carboxylic acid groups (broad SMARTS) is 1. The minimum absolute atomic E-state index is 0.438. The van der Waals surface area contributed by atoms with Gasteiger partial charge in [0, 0.05) is 11.1 Å². The first-order chi connectivity index (χ1) is 15.5. The fourth-order valence-electron chi connectivity index (χ4n) is 5.09. The van der Waals surface area contributed by atoms with Gasteiger partial charge in [-0.05, 0) is 85.0 Å². The third-order valence-corrected chi connectivity index (χ3v) is 6.70. The van der Waals surface area contributed by atoms with Gasteiger partial charge < -0.3 is 5.11 Å². The largest absolute Gasteiger partial charge is 0.481 e. The first-order valence-corrected chi connectivity index (χ1v) is 11.3. The number of aliphatic carboxylic acids is 1. The topological polar surface area (TPSA) is 50.2 Å². The summed E-state index contributed by atoms with van der Waals surface area (Å²) in [5, 5.41) is 11.4. The fraction of sp³-hybridized carbons (Fsp3) is 0.241. The fourth-order valence-corrected chi connectivity index (χ4v) is 5.09. The highest BCUT2D eigenvalue weighted by Crippen LogP contribution is 2.40. The van der Waals surface area contributed by atoms with E-state index < -0.39 is 11.9 Å². The van der Waals surface area contributed by atoms with Gasteiger partial charge in [-0.2, -0.15) is 0 Å². The monoisotopic (exact) mass is 421 g/mol. The predicted octanol–water partition coefficient (Wildman–Crippen LogP) is 6.42. The average molecular weight is 422 g/mol. The molecule has 0 amide bonds. The molecule has 1 unspecified atom stereocenters. The molecule has 1 N–H and O–H groups in total. The SMILES string of the molecule is Cc1ccc(-c2c(C(Cc3ccccc3)C(=O)O)c(C)nc3cc4c(cc23)CCC4)cc1. The molecule has 1 aromatic heterocycles. The van der Waals surface area contributed by atoms with Crippen molar-refractivity contribution in [1.29, 1.82) is 0 Å². The number of rotatable bonds is 5. The van der Waals surface area contributed by atoms with Crippen LogP contribution in [-0.4, -0.2) is 16.1 Å². The van der Waals surface area contributed by atoms with Crippen molar-refractivity contribution in [2.45, 2.75) is 45.4 Å². The van der Waals surface area contributed by atoms with Crippen LogP contribution in [0.15, 0.2) is 66.7 Å². The second-order valence-corrected chi connectivity index (χ2v) is 8.92. The predicted molar refractivity (Wildman–Crippen MR) is 129 cm³/mol. The third kappa shape index (κ3) is 3.69. The van der Waals surface area contributed by atoms with Gasteiger partial charge >= 0.3 is 5.97 Å². The normalized spacial score (nSPS) is 13.8. The number of carbonyl (C=O) groups is 1. The highest BCUT2D eigenvalue weighted by atomic mass is 16.4. The molecule has 0 bridgehead atoms. The Bertz CT molecular complexity index is 1310. The number of nitrogens with zero attached hydrogens (tertiary/aromatic N) is 1. The Balaban J connectivity index is 1.79. The zero-order valence-electron chi connectivity index (χ0n) is 18.6. The molecular weight excluding hydrogens is 394 g/mol. The molecule has 0 aliphatic heterocycles. The molecule has 0 fully saturated rings. The van der Waals surface area contributed by atoms with Crippen LogP contribution < -0.4 is 0 Å². The Hall–Kier alpha value is -3.46. The molecule has 3 nitrogen and oxygen atoms in total. The van der Waals surface area contributed by atoms with Crippen molar-refractivity contribution in [2.75, 3.05) is 0 Å². The lowest BCUT2D eigenvalue weighted by Gasteiger charge is -2.22. The summed E-state index contributed by atoms with van der Waals surface area (Å²) in [6.07, 6.45) is 3.78. The van der Waals surface area contributed by atoms with Gasteiger partial charge in [-0.3, -0.25) is 9.78 Å². The zero-order valence-corrected chi connectivity index (χ0v) is 18.6. The van der Waals surface area contributed by atoms with Crippen molar-refractivity contribution in [1.82, 2.24) is 4.98 Å². The van der Waals surface area contributed by atoms with E-state index >= 15 is 0 Å². The Morgan fingerprint density at radius 3 is 2.34 bits per heavy atom. The van der Waals surface area contributed by atoms with Crippen LogP contribution in [0, 0.1) is 13.8 Å². The van der Waals surface area contributed by atoms with Gasteiger partial charge in [0.2, 0.25) is 0 Å². The van der Waals surface area contributed by atoms with Crippen LogP contribution in [0.5, 0.6) is 0 Å².